The number of rotatable bonds is 3. The Kier molecular flexibility index (Phi) is 3.27. The lowest BCUT2D eigenvalue weighted by molar-refractivity contribution is 0.0526. The van der Waals surface area contributed by atoms with E-state index in [2.05, 4.69) is 15.0 Å². The lowest BCUT2D eigenvalue weighted by Gasteiger charge is -2.08. The predicted molar refractivity (Wildman–Crippen MR) is 66.9 cm³/mol. The molecule has 0 atom stereocenters. The lowest BCUT2D eigenvalue weighted by Crippen LogP contribution is -2.13. The van der Waals surface area contributed by atoms with Crippen LogP contribution in [0.4, 0.5) is 5.82 Å². The first-order valence-electron chi connectivity index (χ1n) is 5.58. The summed E-state index contributed by atoms with van der Waals surface area (Å²) in [6.45, 7) is 3.73. The molecule has 2 heterocycles. The van der Waals surface area contributed by atoms with E-state index in [-0.39, 0.29) is 18.0 Å². The fraction of sp³-hybridized carbons (Fsp3) is 0.250. The first-order chi connectivity index (χ1) is 8.63. The third-order valence-electron chi connectivity index (χ3n) is 2.44. The normalized spacial score (nSPS) is 10.3. The van der Waals surface area contributed by atoms with Gasteiger partial charge in [-0.05, 0) is 26.0 Å². The Bertz CT molecular complexity index is 540. The molecule has 0 amide bonds. The Morgan fingerprint density at radius 1 is 1.50 bits per heavy atom. The number of ether oxygens (including phenoxy) is 1. The standard InChI is InChI=1S/C12H14N4O2/c1-3-18-12(17)9-7(2)15-11(16-10(9)13)8-5-4-6-14-8/h4-6,14H,3H2,1-2H3,(H2,13,15,16). The summed E-state index contributed by atoms with van der Waals surface area (Å²) in [5, 5.41) is 0. The van der Waals surface area contributed by atoms with Crippen LogP contribution in [0.3, 0.4) is 0 Å². The Morgan fingerprint density at radius 2 is 2.28 bits per heavy atom. The highest BCUT2D eigenvalue weighted by molar-refractivity contribution is 5.95. The number of H-pyrrole nitrogens is 1. The quantitative estimate of drug-likeness (QED) is 0.801. The van der Waals surface area contributed by atoms with Gasteiger partial charge in [0, 0.05) is 6.20 Å². The summed E-state index contributed by atoms with van der Waals surface area (Å²) in [4.78, 5) is 23.1. The molecule has 0 aliphatic heterocycles. The SMILES string of the molecule is CCOC(=O)c1c(C)nc(-c2ccc[nH]2)nc1N. The highest BCUT2D eigenvalue weighted by Crippen LogP contribution is 2.19. The van der Waals surface area contributed by atoms with E-state index in [1.807, 2.05) is 12.1 Å². The van der Waals surface area contributed by atoms with Gasteiger partial charge in [0.25, 0.3) is 0 Å². The van der Waals surface area contributed by atoms with E-state index in [1.165, 1.54) is 0 Å². The summed E-state index contributed by atoms with van der Waals surface area (Å²) >= 11 is 0. The van der Waals surface area contributed by atoms with Gasteiger partial charge in [-0.2, -0.15) is 0 Å². The molecular formula is C12H14N4O2. The molecule has 6 heteroatoms. The highest BCUT2D eigenvalue weighted by atomic mass is 16.5. The number of anilines is 1. The van der Waals surface area contributed by atoms with Crippen molar-refractivity contribution in [3.05, 3.63) is 29.6 Å². The molecule has 0 radical (unpaired) electrons. The summed E-state index contributed by atoms with van der Waals surface area (Å²) in [5.74, 6) is 0.0964. The molecule has 3 N–H and O–H groups in total. The summed E-state index contributed by atoms with van der Waals surface area (Å²) in [5.41, 5.74) is 7.28. The van der Waals surface area contributed by atoms with Crippen LogP contribution in [0.5, 0.6) is 0 Å². The Balaban J connectivity index is 2.44. The maximum atomic E-state index is 11.7. The fourth-order valence-electron chi connectivity index (χ4n) is 1.64. The molecule has 2 aromatic rings. The van der Waals surface area contributed by atoms with Crippen LogP contribution in [-0.2, 0) is 4.74 Å². The van der Waals surface area contributed by atoms with Crippen molar-refractivity contribution in [1.82, 2.24) is 15.0 Å². The van der Waals surface area contributed by atoms with Crippen LogP contribution >= 0.6 is 0 Å². The number of nitrogen functional groups attached to an aromatic ring is 1. The van der Waals surface area contributed by atoms with Crippen molar-refractivity contribution in [2.75, 3.05) is 12.3 Å². The molecule has 0 saturated carbocycles. The topological polar surface area (TPSA) is 93.9 Å². The molecule has 0 aromatic carbocycles. The maximum absolute atomic E-state index is 11.7. The molecule has 18 heavy (non-hydrogen) atoms. The maximum Gasteiger partial charge on any atom is 0.343 e. The number of aromatic nitrogens is 3. The van der Waals surface area contributed by atoms with E-state index in [4.69, 9.17) is 10.5 Å². The first-order valence-corrected chi connectivity index (χ1v) is 5.58. The number of aromatic amines is 1. The van der Waals surface area contributed by atoms with Gasteiger partial charge in [0.1, 0.15) is 11.4 Å². The van der Waals surface area contributed by atoms with Crippen molar-refractivity contribution in [2.24, 2.45) is 0 Å². The number of nitrogens with one attached hydrogen (secondary N) is 1. The molecule has 0 aliphatic carbocycles. The van der Waals surface area contributed by atoms with E-state index < -0.39 is 5.97 Å². The van der Waals surface area contributed by atoms with Gasteiger partial charge in [0.2, 0.25) is 0 Å². The van der Waals surface area contributed by atoms with Gasteiger partial charge in [-0.1, -0.05) is 0 Å². The number of esters is 1. The van der Waals surface area contributed by atoms with E-state index in [0.717, 1.165) is 5.69 Å². The second kappa shape index (κ2) is 4.87. The zero-order valence-electron chi connectivity index (χ0n) is 10.2. The monoisotopic (exact) mass is 246 g/mol. The molecule has 0 unspecified atom stereocenters. The van der Waals surface area contributed by atoms with E-state index in [1.54, 1.807) is 20.0 Å². The van der Waals surface area contributed by atoms with Crippen LogP contribution in [0.1, 0.15) is 23.0 Å². The summed E-state index contributed by atoms with van der Waals surface area (Å²) in [6, 6.07) is 3.67. The summed E-state index contributed by atoms with van der Waals surface area (Å²) in [7, 11) is 0. The zero-order chi connectivity index (χ0) is 13.1. The van der Waals surface area contributed by atoms with Gasteiger partial charge in [0.05, 0.1) is 18.0 Å². The van der Waals surface area contributed by atoms with Gasteiger partial charge < -0.3 is 15.5 Å². The van der Waals surface area contributed by atoms with Crippen LogP contribution in [0.15, 0.2) is 18.3 Å². The second-order valence-corrected chi connectivity index (χ2v) is 3.70. The minimum atomic E-state index is -0.495. The molecule has 0 spiro atoms. The molecule has 94 valence electrons. The smallest absolute Gasteiger partial charge is 0.343 e. The summed E-state index contributed by atoms with van der Waals surface area (Å²) < 4.78 is 4.91. The molecular weight excluding hydrogens is 232 g/mol. The molecule has 2 rings (SSSR count). The molecule has 0 bridgehead atoms. The Hall–Kier alpha value is -2.37. The molecule has 2 aromatic heterocycles. The van der Waals surface area contributed by atoms with Crippen molar-refractivity contribution in [2.45, 2.75) is 13.8 Å². The number of hydrogen-bond acceptors (Lipinski definition) is 5. The van der Waals surface area contributed by atoms with Gasteiger partial charge >= 0.3 is 5.97 Å². The third kappa shape index (κ3) is 2.17. The number of nitrogens with zero attached hydrogens (tertiary/aromatic N) is 2. The largest absolute Gasteiger partial charge is 0.462 e. The van der Waals surface area contributed by atoms with Crippen molar-refractivity contribution in [3.63, 3.8) is 0 Å². The fourth-order valence-corrected chi connectivity index (χ4v) is 1.64. The van der Waals surface area contributed by atoms with Crippen LogP contribution < -0.4 is 5.73 Å². The number of carbonyl (C=O) groups excluding carboxylic acids is 1. The third-order valence-corrected chi connectivity index (χ3v) is 2.44. The van der Waals surface area contributed by atoms with Crippen molar-refractivity contribution >= 4 is 11.8 Å². The minimum absolute atomic E-state index is 0.130. The number of hydrogen-bond donors (Lipinski definition) is 2. The highest BCUT2D eigenvalue weighted by Gasteiger charge is 2.18. The van der Waals surface area contributed by atoms with Crippen LogP contribution in [0.25, 0.3) is 11.5 Å². The van der Waals surface area contributed by atoms with Crippen LogP contribution in [-0.4, -0.2) is 27.5 Å². The van der Waals surface area contributed by atoms with Gasteiger partial charge in [-0.25, -0.2) is 14.8 Å². The first kappa shape index (κ1) is 12.1. The molecule has 0 fully saturated rings. The lowest BCUT2D eigenvalue weighted by atomic mass is 10.2. The second-order valence-electron chi connectivity index (χ2n) is 3.70. The molecule has 0 saturated heterocycles. The van der Waals surface area contributed by atoms with Crippen LogP contribution in [0, 0.1) is 6.92 Å². The van der Waals surface area contributed by atoms with Crippen molar-refractivity contribution in [3.8, 4) is 11.5 Å². The average Bonchev–Trinajstić information content (AvgIpc) is 2.81. The van der Waals surface area contributed by atoms with Crippen LogP contribution in [0.2, 0.25) is 0 Å². The minimum Gasteiger partial charge on any atom is -0.462 e. The van der Waals surface area contributed by atoms with Crippen molar-refractivity contribution < 1.29 is 9.53 Å². The Labute approximate surface area is 104 Å². The van der Waals surface area contributed by atoms with E-state index in [0.29, 0.717) is 11.5 Å². The zero-order valence-corrected chi connectivity index (χ0v) is 10.2. The van der Waals surface area contributed by atoms with Crippen molar-refractivity contribution in [1.29, 1.82) is 0 Å². The predicted octanol–water partition coefficient (Wildman–Crippen LogP) is 1.54. The molecule has 6 nitrogen and oxygen atoms in total. The number of aryl methyl sites for hydroxylation is 1. The van der Waals surface area contributed by atoms with Gasteiger partial charge in [-0.15, -0.1) is 0 Å². The van der Waals surface area contributed by atoms with E-state index in [9.17, 15) is 4.79 Å². The Morgan fingerprint density at radius 3 is 2.83 bits per heavy atom. The molecule has 0 aliphatic rings. The summed E-state index contributed by atoms with van der Waals surface area (Å²) in [6.07, 6.45) is 1.77. The number of carbonyl (C=O) groups is 1. The van der Waals surface area contributed by atoms with Gasteiger partial charge in [0.15, 0.2) is 5.82 Å². The van der Waals surface area contributed by atoms with Gasteiger partial charge in [-0.3, -0.25) is 0 Å². The van der Waals surface area contributed by atoms with E-state index >= 15 is 0 Å². The average molecular weight is 246 g/mol. The number of nitrogens with two attached hydrogens (primary N) is 1.